The Bertz CT molecular complexity index is 898. The number of nitrogens with one attached hydrogen (secondary N) is 1. The smallest absolute Gasteiger partial charge is 0.234 e. The second kappa shape index (κ2) is 7.86. The van der Waals surface area contributed by atoms with E-state index in [9.17, 15) is 4.79 Å². The van der Waals surface area contributed by atoms with Crippen LogP contribution in [0, 0.1) is 6.92 Å². The van der Waals surface area contributed by atoms with Gasteiger partial charge in [-0.15, -0.1) is 5.10 Å². The van der Waals surface area contributed by atoms with Crippen LogP contribution in [0.1, 0.15) is 5.56 Å². The summed E-state index contributed by atoms with van der Waals surface area (Å²) in [6.45, 7) is 2.01. The van der Waals surface area contributed by atoms with Gasteiger partial charge in [-0.2, -0.15) is 4.68 Å². The van der Waals surface area contributed by atoms with Crippen molar-refractivity contribution in [1.29, 1.82) is 0 Å². The number of amides is 1. The van der Waals surface area contributed by atoms with Crippen molar-refractivity contribution in [3.05, 3.63) is 58.1 Å². The Morgan fingerprint density at radius 3 is 2.68 bits per heavy atom. The quantitative estimate of drug-likeness (QED) is 0.662. The van der Waals surface area contributed by atoms with Gasteiger partial charge in [0.1, 0.15) is 0 Å². The van der Waals surface area contributed by atoms with Crippen LogP contribution in [-0.4, -0.2) is 31.9 Å². The van der Waals surface area contributed by atoms with Crippen LogP contribution in [0.4, 0.5) is 5.69 Å². The molecule has 1 N–H and O–H groups in total. The molecule has 9 heteroatoms. The van der Waals surface area contributed by atoms with Gasteiger partial charge in [0.2, 0.25) is 11.1 Å². The fraction of sp³-hybridized carbons (Fsp3) is 0.125. The van der Waals surface area contributed by atoms with Gasteiger partial charge < -0.3 is 5.32 Å². The number of aryl methyl sites for hydroxylation is 1. The van der Waals surface area contributed by atoms with E-state index in [-0.39, 0.29) is 11.7 Å². The molecule has 6 nitrogen and oxygen atoms in total. The summed E-state index contributed by atoms with van der Waals surface area (Å²) in [5, 5.41) is 15.8. The van der Waals surface area contributed by atoms with Crippen molar-refractivity contribution < 1.29 is 4.79 Å². The Morgan fingerprint density at radius 1 is 1.20 bits per heavy atom. The predicted octanol–water partition coefficient (Wildman–Crippen LogP) is 4.01. The van der Waals surface area contributed by atoms with Crippen LogP contribution in [0.15, 0.2) is 47.6 Å². The fourth-order valence-electron chi connectivity index (χ4n) is 2.02. The number of hydrogen-bond donors (Lipinski definition) is 1. The average Bonchev–Trinajstić information content (AvgIpc) is 3.05. The summed E-state index contributed by atoms with van der Waals surface area (Å²) in [4.78, 5) is 12.1. The summed E-state index contributed by atoms with van der Waals surface area (Å²) >= 11 is 13.1. The maximum absolute atomic E-state index is 12.1. The number of aromatic nitrogens is 4. The van der Waals surface area contributed by atoms with E-state index < -0.39 is 0 Å². The summed E-state index contributed by atoms with van der Waals surface area (Å²) in [6, 6.07) is 12.7. The monoisotopic (exact) mass is 393 g/mol. The van der Waals surface area contributed by atoms with Gasteiger partial charge in [0.25, 0.3) is 0 Å². The Balaban J connectivity index is 1.65. The maximum atomic E-state index is 12.1. The SMILES string of the molecule is Cc1ccc(-n2nnnc2SCC(=O)Nc2ccc(Cl)cc2Cl)cc1. The highest BCUT2D eigenvalue weighted by atomic mass is 35.5. The van der Waals surface area contributed by atoms with Gasteiger partial charge in [-0.05, 0) is 47.7 Å². The van der Waals surface area contributed by atoms with E-state index in [1.165, 1.54) is 11.8 Å². The number of anilines is 1. The number of rotatable bonds is 5. The lowest BCUT2D eigenvalue weighted by Crippen LogP contribution is -2.15. The molecule has 0 aliphatic heterocycles. The van der Waals surface area contributed by atoms with Crippen LogP contribution in [0.5, 0.6) is 0 Å². The number of hydrogen-bond acceptors (Lipinski definition) is 5. The molecule has 0 bridgehead atoms. The van der Waals surface area contributed by atoms with Crippen molar-refractivity contribution in [3.63, 3.8) is 0 Å². The lowest BCUT2D eigenvalue weighted by Gasteiger charge is -2.07. The zero-order valence-electron chi connectivity index (χ0n) is 13.1. The molecule has 0 saturated heterocycles. The van der Waals surface area contributed by atoms with Crippen molar-refractivity contribution in [2.24, 2.45) is 0 Å². The molecule has 0 saturated carbocycles. The molecule has 1 heterocycles. The molecule has 0 spiro atoms. The molecule has 0 fully saturated rings. The van der Waals surface area contributed by atoms with Crippen LogP contribution in [0.25, 0.3) is 5.69 Å². The first-order valence-electron chi connectivity index (χ1n) is 7.26. The fourth-order valence-corrected chi connectivity index (χ4v) is 3.17. The molecule has 0 radical (unpaired) electrons. The predicted molar refractivity (Wildman–Crippen MR) is 99.7 cm³/mol. The van der Waals surface area contributed by atoms with Gasteiger partial charge in [0.15, 0.2) is 0 Å². The molecule has 1 amide bonds. The van der Waals surface area contributed by atoms with E-state index in [2.05, 4.69) is 20.8 Å². The van der Waals surface area contributed by atoms with Crippen LogP contribution >= 0.6 is 35.0 Å². The minimum atomic E-state index is -0.215. The molecule has 0 atom stereocenters. The standard InChI is InChI=1S/C16H13Cl2N5OS/c1-10-2-5-12(6-3-10)23-16(20-21-22-23)25-9-15(24)19-14-7-4-11(17)8-13(14)18/h2-8H,9H2,1H3,(H,19,24). The van der Waals surface area contributed by atoms with E-state index in [4.69, 9.17) is 23.2 Å². The summed E-state index contributed by atoms with van der Waals surface area (Å²) in [7, 11) is 0. The molecule has 1 aromatic heterocycles. The molecule has 25 heavy (non-hydrogen) atoms. The average molecular weight is 394 g/mol. The van der Waals surface area contributed by atoms with Crippen molar-refractivity contribution in [1.82, 2.24) is 20.2 Å². The molecule has 2 aromatic carbocycles. The van der Waals surface area contributed by atoms with Gasteiger partial charge in [0.05, 0.1) is 22.2 Å². The third kappa shape index (κ3) is 4.50. The van der Waals surface area contributed by atoms with Crippen LogP contribution in [0.3, 0.4) is 0 Å². The summed E-state index contributed by atoms with van der Waals surface area (Å²) in [5.41, 5.74) is 2.49. The first kappa shape index (κ1) is 17.7. The molecular formula is C16H13Cl2N5OS. The highest BCUT2D eigenvalue weighted by Gasteiger charge is 2.12. The van der Waals surface area contributed by atoms with Crippen molar-refractivity contribution in [2.45, 2.75) is 12.1 Å². The Hall–Kier alpha value is -2.09. The minimum absolute atomic E-state index is 0.144. The number of carbonyl (C=O) groups excluding carboxylic acids is 1. The lowest BCUT2D eigenvalue weighted by atomic mass is 10.2. The van der Waals surface area contributed by atoms with E-state index in [0.29, 0.717) is 20.9 Å². The Morgan fingerprint density at radius 2 is 1.96 bits per heavy atom. The topological polar surface area (TPSA) is 72.7 Å². The van der Waals surface area contributed by atoms with E-state index in [1.54, 1.807) is 22.9 Å². The second-order valence-electron chi connectivity index (χ2n) is 5.17. The van der Waals surface area contributed by atoms with Gasteiger partial charge >= 0.3 is 0 Å². The van der Waals surface area contributed by atoms with Gasteiger partial charge in [-0.3, -0.25) is 4.79 Å². The van der Waals surface area contributed by atoms with E-state index in [0.717, 1.165) is 11.3 Å². The number of thioether (sulfide) groups is 1. The van der Waals surface area contributed by atoms with Crippen LogP contribution in [-0.2, 0) is 4.79 Å². The molecule has 128 valence electrons. The Labute approximate surface area is 158 Å². The number of nitrogens with zero attached hydrogens (tertiary/aromatic N) is 4. The van der Waals surface area contributed by atoms with E-state index in [1.807, 2.05) is 31.2 Å². The normalized spacial score (nSPS) is 10.7. The zero-order chi connectivity index (χ0) is 17.8. The van der Waals surface area contributed by atoms with Crippen molar-refractivity contribution in [3.8, 4) is 5.69 Å². The van der Waals surface area contributed by atoms with Gasteiger partial charge in [-0.25, -0.2) is 0 Å². The highest BCUT2D eigenvalue weighted by molar-refractivity contribution is 7.99. The van der Waals surface area contributed by atoms with Gasteiger partial charge in [-0.1, -0.05) is 52.7 Å². The number of benzene rings is 2. The summed E-state index contributed by atoms with van der Waals surface area (Å²) < 4.78 is 1.59. The third-order valence-corrected chi connectivity index (χ3v) is 4.72. The van der Waals surface area contributed by atoms with Crippen LogP contribution < -0.4 is 5.32 Å². The lowest BCUT2D eigenvalue weighted by molar-refractivity contribution is -0.113. The number of tetrazole rings is 1. The number of carbonyl (C=O) groups is 1. The molecule has 0 unspecified atom stereocenters. The zero-order valence-corrected chi connectivity index (χ0v) is 15.4. The third-order valence-electron chi connectivity index (χ3n) is 3.26. The number of halogens is 2. The summed E-state index contributed by atoms with van der Waals surface area (Å²) in [6.07, 6.45) is 0. The summed E-state index contributed by atoms with van der Waals surface area (Å²) in [5.74, 6) is -0.0711. The van der Waals surface area contributed by atoms with Crippen molar-refractivity contribution >= 4 is 46.6 Å². The maximum Gasteiger partial charge on any atom is 0.234 e. The van der Waals surface area contributed by atoms with Crippen molar-refractivity contribution in [2.75, 3.05) is 11.1 Å². The first-order valence-corrected chi connectivity index (χ1v) is 9.00. The largest absolute Gasteiger partial charge is 0.324 e. The molecule has 3 rings (SSSR count). The highest BCUT2D eigenvalue weighted by Crippen LogP contribution is 2.26. The van der Waals surface area contributed by atoms with Crippen LogP contribution in [0.2, 0.25) is 10.0 Å². The second-order valence-corrected chi connectivity index (χ2v) is 6.96. The molecule has 0 aliphatic rings. The Kier molecular flexibility index (Phi) is 5.57. The first-order chi connectivity index (χ1) is 12.0. The van der Waals surface area contributed by atoms with E-state index >= 15 is 0 Å². The minimum Gasteiger partial charge on any atom is -0.324 e. The van der Waals surface area contributed by atoms with Gasteiger partial charge in [0, 0.05) is 5.02 Å². The molecular weight excluding hydrogens is 381 g/mol. The molecule has 3 aromatic rings. The molecule has 0 aliphatic carbocycles.